The van der Waals surface area contributed by atoms with Crippen molar-refractivity contribution in [1.82, 2.24) is 0 Å². The second-order valence-corrected chi connectivity index (χ2v) is 8.77. The Hall–Kier alpha value is -2.65. The van der Waals surface area contributed by atoms with Crippen molar-refractivity contribution >= 4 is 21.7 Å². The summed E-state index contributed by atoms with van der Waals surface area (Å²) < 4.78 is 54.4. The Morgan fingerprint density at radius 3 is 2.00 bits per heavy atom. The van der Waals surface area contributed by atoms with Gasteiger partial charge in [-0.15, -0.1) is 0 Å². The molecule has 0 unspecified atom stereocenters. The van der Waals surface area contributed by atoms with Gasteiger partial charge in [0.1, 0.15) is 18.2 Å². The summed E-state index contributed by atoms with van der Waals surface area (Å²) in [5.41, 5.74) is 0.893. The van der Waals surface area contributed by atoms with Crippen molar-refractivity contribution in [3.8, 4) is 11.5 Å². The Balaban J connectivity index is 2.22. The summed E-state index contributed by atoms with van der Waals surface area (Å²) in [5, 5.41) is 0. The predicted molar refractivity (Wildman–Crippen MR) is 112 cm³/mol. The van der Waals surface area contributed by atoms with Crippen LogP contribution in [0, 0.1) is 0 Å². The molecule has 0 spiro atoms. The van der Waals surface area contributed by atoms with Crippen LogP contribution in [-0.4, -0.2) is 46.5 Å². The van der Waals surface area contributed by atoms with Crippen molar-refractivity contribution in [2.24, 2.45) is 0 Å². The summed E-state index contributed by atoms with van der Waals surface area (Å²) in [6.45, 7) is 2.71. The number of hydrogen-bond donors (Lipinski definition) is 0. The van der Waals surface area contributed by atoms with E-state index >= 15 is 0 Å². The monoisotopic (exact) mass is 439 g/mol. The zero-order chi connectivity index (χ0) is 22.3. The van der Waals surface area contributed by atoms with Gasteiger partial charge in [0.25, 0.3) is 0 Å². The minimum absolute atomic E-state index is 0.228. The van der Waals surface area contributed by atoms with Gasteiger partial charge in [0.2, 0.25) is 10.0 Å². The number of nitrogens with zero attached hydrogens (tertiary/aromatic N) is 1. The highest BCUT2D eigenvalue weighted by Crippen LogP contribution is 2.26. The molecule has 1 atom stereocenters. The molecule has 0 bridgehead atoms. The van der Waals surface area contributed by atoms with Crippen molar-refractivity contribution in [1.29, 1.82) is 0 Å². The van der Waals surface area contributed by atoms with Gasteiger partial charge in [-0.05, 0) is 55.8 Å². The fraction of sp³-hybridized carbons (Fsp3) is 0.381. The first-order valence-corrected chi connectivity index (χ1v) is 11.1. The predicted octanol–water partition coefficient (Wildman–Crippen LogP) is 3.68. The minimum Gasteiger partial charge on any atom is -0.467 e. The third kappa shape index (κ3) is 6.70. The second kappa shape index (κ2) is 10.4. The molecule has 30 heavy (non-hydrogen) atoms. The Labute approximate surface area is 176 Å². The number of anilines is 1. The number of methoxy groups -OCH3 is 1. The first kappa shape index (κ1) is 23.6. The van der Waals surface area contributed by atoms with Crippen LogP contribution in [0.3, 0.4) is 0 Å². The van der Waals surface area contributed by atoms with Crippen molar-refractivity contribution in [2.45, 2.75) is 32.7 Å². The van der Waals surface area contributed by atoms with E-state index in [4.69, 9.17) is 14.2 Å². The smallest absolute Gasteiger partial charge is 0.336 e. The molecule has 2 aromatic carbocycles. The number of carbonyl (C=O) groups excluding carboxylic acids is 1. The molecule has 2 aromatic rings. The molecular formula is C21H26FNO6S. The average molecular weight is 440 g/mol. The van der Waals surface area contributed by atoms with Gasteiger partial charge in [0, 0.05) is 0 Å². The molecule has 2 rings (SSSR count). The van der Waals surface area contributed by atoms with Gasteiger partial charge in [-0.1, -0.05) is 12.1 Å². The van der Waals surface area contributed by atoms with Crippen LogP contribution in [0.5, 0.6) is 11.5 Å². The zero-order valence-corrected chi connectivity index (χ0v) is 18.2. The molecule has 0 N–H and O–H groups in total. The minimum atomic E-state index is -3.70. The van der Waals surface area contributed by atoms with Crippen LogP contribution in [0.25, 0.3) is 0 Å². The first-order chi connectivity index (χ1) is 14.1. The third-order valence-corrected chi connectivity index (χ3v) is 5.23. The molecule has 0 aliphatic carbocycles. The van der Waals surface area contributed by atoms with E-state index in [0.29, 0.717) is 22.7 Å². The molecule has 9 heteroatoms. The third-order valence-electron chi connectivity index (χ3n) is 4.07. The van der Waals surface area contributed by atoms with Crippen LogP contribution in [0.1, 0.15) is 19.4 Å². The van der Waals surface area contributed by atoms with E-state index in [-0.39, 0.29) is 12.6 Å². The standard InChI is InChI=1S/C21H26FNO6S/c1-15(2)28-20(21(24)27-3)14-23(30(4,25)26)17-7-11-19(12-8-17)29-18-9-5-16(13-22)6-10-18/h5-12,15,20H,13-14H2,1-4H3/t20-/m0/s1. The number of benzene rings is 2. The summed E-state index contributed by atoms with van der Waals surface area (Å²) in [6, 6.07) is 12.9. The van der Waals surface area contributed by atoms with Crippen molar-refractivity contribution in [3.63, 3.8) is 0 Å². The highest BCUT2D eigenvalue weighted by atomic mass is 32.2. The van der Waals surface area contributed by atoms with Crippen LogP contribution < -0.4 is 9.04 Å². The molecule has 0 fully saturated rings. The number of carbonyl (C=O) groups is 1. The van der Waals surface area contributed by atoms with E-state index in [0.717, 1.165) is 10.6 Å². The fourth-order valence-electron chi connectivity index (χ4n) is 2.68. The molecule has 0 aliphatic rings. The lowest BCUT2D eigenvalue weighted by molar-refractivity contribution is -0.155. The van der Waals surface area contributed by atoms with Gasteiger partial charge in [-0.25, -0.2) is 17.6 Å². The van der Waals surface area contributed by atoms with E-state index < -0.39 is 28.8 Å². The lowest BCUT2D eigenvalue weighted by Gasteiger charge is -2.27. The van der Waals surface area contributed by atoms with Gasteiger partial charge < -0.3 is 14.2 Å². The number of rotatable bonds is 10. The van der Waals surface area contributed by atoms with Crippen LogP contribution in [0.4, 0.5) is 10.1 Å². The van der Waals surface area contributed by atoms with Crippen molar-refractivity contribution in [2.75, 3.05) is 24.2 Å². The van der Waals surface area contributed by atoms with Crippen LogP contribution >= 0.6 is 0 Å². The van der Waals surface area contributed by atoms with Gasteiger partial charge in [0.05, 0.1) is 31.7 Å². The van der Waals surface area contributed by atoms with E-state index in [9.17, 15) is 17.6 Å². The van der Waals surface area contributed by atoms with Crippen molar-refractivity contribution in [3.05, 3.63) is 54.1 Å². The average Bonchev–Trinajstić information content (AvgIpc) is 2.70. The van der Waals surface area contributed by atoms with Gasteiger partial charge >= 0.3 is 5.97 Å². The number of halogens is 1. The molecule has 0 saturated carbocycles. The molecule has 0 saturated heterocycles. The maximum Gasteiger partial charge on any atom is 0.336 e. The fourth-order valence-corrected chi connectivity index (χ4v) is 3.59. The number of hydrogen-bond acceptors (Lipinski definition) is 6. The second-order valence-electron chi connectivity index (χ2n) is 6.86. The zero-order valence-electron chi connectivity index (χ0n) is 17.4. The molecule has 164 valence electrons. The highest BCUT2D eigenvalue weighted by molar-refractivity contribution is 7.92. The van der Waals surface area contributed by atoms with Crippen LogP contribution in [0.15, 0.2) is 48.5 Å². The normalized spacial score (nSPS) is 12.5. The number of alkyl halides is 1. The van der Waals surface area contributed by atoms with Crippen LogP contribution in [-0.2, 0) is 31.0 Å². The summed E-state index contributed by atoms with van der Waals surface area (Å²) >= 11 is 0. The number of sulfonamides is 1. The molecule has 0 heterocycles. The highest BCUT2D eigenvalue weighted by Gasteiger charge is 2.29. The maximum atomic E-state index is 12.6. The van der Waals surface area contributed by atoms with Crippen LogP contribution in [0.2, 0.25) is 0 Å². The Bertz CT molecular complexity index is 929. The van der Waals surface area contributed by atoms with E-state index in [1.54, 1.807) is 62.4 Å². The van der Waals surface area contributed by atoms with Gasteiger partial charge in [-0.2, -0.15) is 0 Å². The van der Waals surface area contributed by atoms with Crippen molar-refractivity contribution < 1.29 is 31.8 Å². The quantitative estimate of drug-likeness (QED) is 0.525. The lowest BCUT2D eigenvalue weighted by Crippen LogP contribution is -2.43. The summed E-state index contributed by atoms with van der Waals surface area (Å²) in [7, 11) is -2.48. The van der Waals surface area contributed by atoms with E-state index in [1.807, 2.05) is 0 Å². The molecule has 7 nitrogen and oxygen atoms in total. The lowest BCUT2D eigenvalue weighted by atomic mass is 10.2. The first-order valence-electron chi connectivity index (χ1n) is 9.28. The SMILES string of the molecule is COC(=O)[C@H](CN(c1ccc(Oc2ccc(CF)cc2)cc1)S(C)(=O)=O)OC(C)C. The molecule has 0 radical (unpaired) electrons. The summed E-state index contributed by atoms with van der Waals surface area (Å²) in [4.78, 5) is 12.0. The largest absolute Gasteiger partial charge is 0.467 e. The summed E-state index contributed by atoms with van der Waals surface area (Å²) in [6.07, 6.45) is -0.321. The number of esters is 1. The molecule has 0 amide bonds. The Morgan fingerprint density at radius 1 is 1.03 bits per heavy atom. The Kier molecular flexibility index (Phi) is 8.19. The Morgan fingerprint density at radius 2 is 1.57 bits per heavy atom. The topological polar surface area (TPSA) is 82.1 Å². The van der Waals surface area contributed by atoms with Gasteiger partial charge in [0.15, 0.2) is 6.10 Å². The van der Waals surface area contributed by atoms with E-state index in [1.165, 1.54) is 7.11 Å². The molecular weight excluding hydrogens is 413 g/mol. The van der Waals surface area contributed by atoms with Gasteiger partial charge in [-0.3, -0.25) is 4.31 Å². The maximum absolute atomic E-state index is 12.6. The number of ether oxygens (including phenoxy) is 3. The molecule has 0 aromatic heterocycles. The van der Waals surface area contributed by atoms with E-state index in [2.05, 4.69) is 0 Å². The molecule has 0 aliphatic heterocycles. The summed E-state index contributed by atoms with van der Waals surface area (Å²) in [5.74, 6) is 0.341.